The van der Waals surface area contributed by atoms with Gasteiger partial charge in [-0.2, -0.15) is 17.4 Å². The van der Waals surface area contributed by atoms with E-state index in [1.165, 1.54) is 0 Å². The minimum Gasteiger partial charge on any atom is -0.316 e. The van der Waals surface area contributed by atoms with Crippen molar-refractivity contribution in [3.05, 3.63) is 0 Å². The van der Waals surface area contributed by atoms with Gasteiger partial charge in [0.1, 0.15) is 0 Å². The van der Waals surface area contributed by atoms with E-state index in [0.29, 0.717) is 19.0 Å². The molecule has 0 saturated carbocycles. The minimum atomic E-state index is -3.30. The second-order valence-electron chi connectivity index (χ2n) is 6.06. The summed E-state index contributed by atoms with van der Waals surface area (Å²) in [4.78, 5) is 0. The molecule has 1 heterocycles. The Labute approximate surface area is 131 Å². The van der Waals surface area contributed by atoms with E-state index >= 15 is 0 Å². The maximum atomic E-state index is 12.4. The van der Waals surface area contributed by atoms with Crippen molar-refractivity contribution in [2.75, 3.05) is 26.2 Å². The molecule has 1 rings (SSSR count). The van der Waals surface area contributed by atoms with Crippen LogP contribution >= 0.6 is 0 Å². The van der Waals surface area contributed by atoms with E-state index in [4.69, 9.17) is 0 Å². The molecule has 1 unspecified atom stereocenters. The average Bonchev–Trinajstić information content (AvgIpc) is 2.47. The number of nitrogens with zero attached hydrogens (tertiary/aromatic N) is 1. The summed E-state index contributed by atoms with van der Waals surface area (Å²) in [6.07, 6.45) is 5.83. The third-order valence-electron chi connectivity index (χ3n) is 4.22. The summed E-state index contributed by atoms with van der Waals surface area (Å²) in [5.74, 6) is 0.612. The first kappa shape index (κ1) is 18.9. The molecule has 126 valence electrons. The molecule has 0 radical (unpaired) electrons. The molecule has 6 heteroatoms. The molecule has 0 aromatic carbocycles. The molecule has 0 aromatic rings. The van der Waals surface area contributed by atoms with E-state index in [1.54, 1.807) is 4.31 Å². The summed E-state index contributed by atoms with van der Waals surface area (Å²) in [6, 6.07) is 0.0731. The van der Waals surface area contributed by atoms with Gasteiger partial charge in [0.2, 0.25) is 0 Å². The van der Waals surface area contributed by atoms with Crippen LogP contribution in [0.2, 0.25) is 0 Å². The Morgan fingerprint density at radius 3 is 2.33 bits per heavy atom. The van der Waals surface area contributed by atoms with Crippen LogP contribution in [0.4, 0.5) is 0 Å². The summed E-state index contributed by atoms with van der Waals surface area (Å²) in [5, 5.41) is 3.43. The van der Waals surface area contributed by atoms with Gasteiger partial charge in [0.25, 0.3) is 10.2 Å². The average molecular weight is 320 g/mol. The first-order valence-electron chi connectivity index (χ1n) is 8.51. The first-order valence-corrected chi connectivity index (χ1v) is 9.95. The van der Waals surface area contributed by atoms with Gasteiger partial charge in [-0.25, -0.2) is 0 Å². The van der Waals surface area contributed by atoms with Crippen LogP contribution in [-0.2, 0) is 10.2 Å². The molecule has 1 aliphatic rings. The van der Waals surface area contributed by atoms with Gasteiger partial charge in [-0.05, 0) is 51.1 Å². The van der Waals surface area contributed by atoms with Crippen molar-refractivity contribution in [3.8, 4) is 0 Å². The molecule has 1 aliphatic heterocycles. The van der Waals surface area contributed by atoms with Crippen molar-refractivity contribution in [1.82, 2.24) is 14.3 Å². The molecular weight excluding hydrogens is 286 g/mol. The summed E-state index contributed by atoms with van der Waals surface area (Å²) in [7, 11) is -3.30. The predicted molar refractivity (Wildman–Crippen MR) is 88.5 cm³/mol. The lowest BCUT2D eigenvalue weighted by Crippen LogP contribution is -2.48. The Hall–Kier alpha value is -0.170. The van der Waals surface area contributed by atoms with Crippen LogP contribution in [0.1, 0.15) is 59.3 Å². The summed E-state index contributed by atoms with van der Waals surface area (Å²) < 4.78 is 29.3. The Kier molecular flexibility index (Phi) is 8.78. The fourth-order valence-electron chi connectivity index (χ4n) is 2.82. The summed E-state index contributed by atoms with van der Waals surface area (Å²) in [5.41, 5.74) is 0. The lowest BCUT2D eigenvalue weighted by molar-refractivity contribution is 0.263. The van der Waals surface area contributed by atoms with Crippen LogP contribution in [0.5, 0.6) is 0 Å². The van der Waals surface area contributed by atoms with Gasteiger partial charge in [-0.3, -0.25) is 0 Å². The molecule has 0 bridgehead atoms. The van der Waals surface area contributed by atoms with Crippen molar-refractivity contribution < 1.29 is 8.42 Å². The monoisotopic (exact) mass is 319 g/mol. The highest BCUT2D eigenvalue weighted by Gasteiger charge is 2.29. The molecule has 1 saturated heterocycles. The Morgan fingerprint density at radius 1 is 1.14 bits per heavy atom. The number of hydrogen-bond acceptors (Lipinski definition) is 3. The normalized spacial score (nSPS) is 19.8. The predicted octanol–water partition coefficient (Wildman–Crippen LogP) is 2.11. The zero-order valence-electron chi connectivity index (χ0n) is 13.9. The quantitative estimate of drug-likeness (QED) is 0.606. The third-order valence-corrected chi connectivity index (χ3v) is 5.89. The van der Waals surface area contributed by atoms with Crippen LogP contribution in [0, 0.1) is 5.92 Å². The molecule has 0 aromatic heterocycles. The second kappa shape index (κ2) is 9.77. The van der Waals surface area contributed by atoms with Crippen molar-refractivity contribution in [1.29, 1.82) is 0 Å². The first-order chi connectivity index (χ1) is 10.0. The van der Waals surface area contributed by atoms with Crippen LogP contribution in [0.15, 0.2) is 0 Å². The molecule has 0 spiro atoms. The van der Waals surface area contributed by atoms with E-state index in [-0.39, 0.29) is 6.04 Å². The summed E-state index contributed by atoms with van der Waals surface area (Å²) in [6.45, 7) is 9.65. The van der Waals surface area contributed by atoms with Crippen LogP contribution < -0.4 is 10.0 Å². The van der Waals surface area contributed by atoms with Crippen LogP contribution in [0.3, 0.4) is 0 Å². The van der Waals surface area contributed by atoms with Gasteiger partial charge >= 0.3 is 0 Å². The van der Waals surface area contributed by atoms with E-state index < -0.39 is 10.2 Å². The maximum Gasteiger partial charge on any atom is 0.279 e. The van der Waals surface area contributed by atoms with Gasteiger partial charge in [0.05, 0.1) is 0 Å². The van der Waals surface area contributed by atoms with Gasteiger partial charge in [0.15, 0.2) is 0 Å². The topological polar surface area (TPSA) is 61.4 Å². The lowest BCUT2D eigenvalue weighted by atomic mass is 9.98. The van der Waals surface area contributed by atoms with Gasteiger partial charge < -0.3 is 5.32 Å². The SMILES string of the molecule is CCCNCC1CCN(S(=O)(=O)NC(CC)CCC)CC1. The Morgan fingerprint density at radius 2 is 1.81 bits per heavy atom. The number of piperidine rings is 1. The molecule has 2 N–H and O–H groups in total. The smallest absolute Gasteiger partial charge is 0.279 e. The number of hydrogen-bond donors (Lipinski definition) is 2. The Balaban J connectivity index is 2.41. The van der Waals surface area contributed by atoms with E-state index in [1.807, 2.05) is 6.92 Å². The van der Waals surface area contributed by atoms with Gasteiger partial charge in [-0.15, -0.1) is 0 Å². The molecule has 0 aliphatic carbocycles. The highest BCUT2D eigenvalue weighted by Crippen LogP contribution is 2.19. The standard InChI is InChI=1S/C15H33N3O2S/c1-4-7-15(6-3)17-21(19,20)18-11-8-14(9-12-18)13-16-10-5-2/h14-17H,4-13H2,1-3H3. The fourth-order valence-corrected chi connectivity index (χ4v) is 4.36. The second-order valence-corrected chi connectivity index (χ2v) is 7.77. The minimum absolute atomic E-state index is 0.0731. The molecule has 1 atom stereocenters. The number of nitrogens with one attached hydrogen (secondary N) is 2. The summed E-state index contributed by atoms with van der Waals surface area (Å²) >= 11 is 0. The maximum absolute atomic E-state index is 12.4. The van der Waals surface area contributed by atoms with Gasteiger partial charge in [0, 0.05) is 19.1 Å². The fraction of sp³-hybridized carbons (Fsp3) is 1.00. The van der Waals surface area contributed by atoms with Gasteiger partial charge in [-0.1, -0.05) is 27.2 Å². The molecular formula is C15H33N3O2S. The van der Waals surface area contributed by atoms with Crippen molar-refractivity contribution in [2.45, 2.75) is 65.3 Å². The zero-order valence-corrected chi connectivity index (χ0v) is 14.7. The van der Waals surface area contributed by atoms with Crippen LogP contribution in [-0.4, -0.2) is 44.9 Å². The van der Waals surface area contributed by atoms with E-state index in [9.17, 15) is 8.42 Å². The van der Waals surface area contributed by atoms with E-state index in [2.05, 4.69) is 23.9 Å². The van der Waals surface area contributed by atoms with Crippen molar-refractivity contribution in [2.24, 2.45) is 5.92 Å². The van der Waals surface area contributed by atoms with Crippen molar-refractivity contribution in [3.63, 3.8) is 0 Å². The highest BCUT2D eigenvalue weighted by molar-refractivity contribution is 7.87. The van der Waals surface area contributed by atoms with E-state index in [0.717, 1.165) is 51.6 Å². The number of rotatable bonds is 10. The highest BCUT2D eigenvalue weighted by atomic mass is 32.2. The molecule has 0 amide bonds. The Bertz CT molecular complexity index is 365. The third kappa shape index (κ3) is 6.63. The zero-order chi connectivity index (χ0) is 15.7. The largest absolute Gasteiger partial charge is 0.316 e. The molecule has 1 fully saturated rings. The molecule has 21 heavy (non-hydrogen) atoms. The van der Waals surface area contributed by atoms with Crippen molar-refractivity contribution >= 4 is 10.2 Å². The lowest BCUT2D eigenvalue weighted by Gasteiger charge is -2.32. The molecule has 5 nitrogen and oxygen atoms in total. The van der Waals surface area contributed by atoms with Crippen LogP contribution in [0.25, 0.3) is 0 Å².